The topological polar surface area (TPSA) is 81.2 Å². The molecule has 0 spiro atoms. The Balaban J connectivity index is 2.25. The van der Waals surface area contributed by atoms with Crippen molar-refractivity contribution in [2.75, 3.05) is 24.9 Å². The number of aromatic nitrogens is 2. The highest BCUT2D eigenvalue weighted by molar-refractivity contribution is 7.98. The zero-order valence-corrected chi connectivity index (χ0v) is 13.5. The lowest BCUT2D eigenvalue weighted by Crippen LogP contribution is -1.99. The Hall–Kier alpha value is -1.80. The molecule has 0 amide bonds. The molecule has 112 valence electrons. The van der Waals surface area contributed by atoms with Crippen molar-refractivity contribution in [3.8, 4) is 11.6 Å². The number of hydrogen-bond donors (Lipinski definition) is 1. The second kappa shape index (κ2) is 6.31. The zero-order chi connectivity index (χ0) is 15.5. The normalized spacial score (nSPS) is 11.2. The van der Waals surface area contributed by atoms with Gasteiger partial charge in [-0.15, -0.1) is 0 Å². The van der Waals surface area contributed by atoms with Crippen molar-refractivity contribution < 1.29 is 13.2 Å². The maximum absolute atomic E-state index is 11.4. The predicted octanol–water partition coefficient (Wildman–Crippen LogP) is 2.44. The SMILES string of the molecule is CNc1cc(Oc2ccc(S(C)(=O)=O)cc2)nc(SC)n1. The summed E-state index contributed by atoms with van der Waals surface area (Å²) in [5.74, 6) is 1.55. The van der Waals surface area contributed by atoms with Gasteiger partial charge in [0, 0.05) is 19.4 Å². The molecule has 0 aliphatic heterocycles. The highest BCUT2D eigenvalue weighted by atomic mass is 32.2. The molecule has 21 heavy (non-hydrogen) atoms. The number of nitrogens with one attached hydrogen (secondary N) is 1. The van der Waals surface area contributed by atoms with E-state index in [2.05, 4.69) is 15.3 Å². The molecule has 0 atom stereocenters. The minimum Gasteiger partial charge on any atom is -0.439 e. The van der Waals surface area contributed by atoms with E-state index in [9.17, 15) is 8.42 Å². The number of nitrogens with zero attached hydrogens (tertiary/aromatic N) is 2. The third-order valence-corrected chi connectivity index (χ3v) is 4.27. The molecule has 0 aliphatic rings. The second-order valence-corrected chi connectivity index (χ2v) is 6.96. The Morgan fingerprint density at radius 3 is 2.38 bits per heavy atom. The van der Waals surface area contributed by atoms with E-state index in [1.165, 1.54) is 23.9 Å². The van der Waals surface area contributed by atoms with E-state index in [1.54, 1.807) is 25.2 Å². The molecule has 1 aromatic carbocycles. The van der Waals surface area contributed by atoms with Gasteiger partial charge in [-0.1, -0.05) is 11.8 Å². The third-order valence-electron chi connectivity index (χ3n) is 2.60. The minimum atomic E-state index is -3.21. The first-order chi connectivity index (χ1) is 9.92. The van der Waals surface area contributed by atoms with Crippen LogP contribution in [-0.4, -0.2) is 37.9 Å². The van der Waals surface area contributed by atoms with E-state index >= 15 is 0 Å². The molecule has 2 rings (SSSR count). The van der Waals surface area contributed by atoms with Crippen LogP contribution in [0.3, 0.4) is 0 Å². The van der Waals surface area contributed by atoms with Gasteiger partial charge >= 0.3 is 0 Å². The Morgan fingerprint density at radius 1 is 1.19 bits per heavy atom. The summed E-state index contributed by atoms with van der Waals surface area (Å²) in [6.45, 7) is 0. The monoisotopic (exact) mass is 325 g/mol. The number of sulfone groups is 1. The summed E-state index contributed by atoms with van der Waals surface area (Å²) in [5.41, 5.74) is 0. The summed E-state index contributed by atoms with van der Waals surface area (Å²) in [6.07, 6.45) is 3.04. The Morgan fingerprint density at radius 2 is 1.86 bits per heavy atom. The Kier molecular flexibility index (Phi) is 4.69. The summed E-state index contributed by atoms with van der Waals surface area (Å²) >= 11 is 1.41. The fourth-order valence-electron chi connectivity index (χ4n) is 1.55. The third kappa shape index (κ3) is 4.08. The lowest BCUT2D eigenvalue weighted by atomic mass is 10.3. The summed E-state index contributed by atoms with van der Waals surface area (Å²) in [7, 11) is -1.45. The largest absolute Gasteiger partial charge is 0.439 e. The number of thioether (sulfide) groups is 1. The fraction of sp³-hybridized carbons (Fsp3) is 0.231. The molecule has 0 bridgehead atoms. The van der Waals surface area contributed by atoms with Crippen LogP contribution in [0, 0.1) is 0 Å². The highest BCUT2D eigenvalue weighted by Crippen LogP contribution is 2.25. The fourth-order valence-corrected chi connectivity index (χ4v) is 2.55. The highest BCUT2D eigenvalue weighted by Gasteiger charge is 2.08. The van der Waals surface area contributed by atoms with Crippen molar-refractivity contribution in [3.63, 3.8) is 0 Å². The van der Waals surface area contributed by atoms with E-state index in [0.717, 1.165) is 6.26 Å². The number of benzene rings is 1. The number of ether oxygens (including phenoxy) is 1. The van der Waals surface area contributed by atoms with Crippen LogP contribution in [0.25, 0.3) is 0 Å². The molecule has 0 saturated heterocycles. The van der Waals surface area contributed by atoms with Gasteiger partial charge < -0.3 is 10.1 Å². The van der Waals surface area contributed by atoms with Crippen LogP contribution in [-0.2, 0) is 9.84 Å². The van der Waals surface area contributed by atoms with Crippen LogP contribution in [0.4, 0.5) is 5.82 Å². The molecule has 2 aromatic rings. The number of rotatable bonds is 5. The number of anilines is 1. The van der Waals surface area contributed by atoms with Crippen molar-refractivity contribution in [2.24, 2.45) is 0 Å². The predicted molar refractivity (Wildman–Crippen MR) is 83.0 cm³/mol. The van der Waals surface area contributed by atoms with Gasteiger partial charge in [0.05, 0.1) is 4.90 Å². The van der Waals surface area contributed by atoms with E-state index in [1.807, 2.05) is 6.26 Å². The molecule has 1 N–H and O–H groups in total. The lowest BCUT2D eigenvalue weighted by molar-refractivity contribution is 0.455. The van der Waals surface area contributed by atoms with Crippen molar-refractivity contribution in [1.29, 1.82) is 0 Å². The van der Waals surface area contributed by atoms with Gasteiger partial charge in [0.25, 0.3) is 0 Å². The average molecular weight is 325 g/mol. The molecule has 8 heteroatoms. The summed E-state index contributed by atoms with van der Waals surface area (Å²) in [6, 6.07) is 7.86. The van der Waals surface area contributed by atoms with E-state index in [0.29, 0.717) is 22.6 Å². The molecular weight excluding hydrogens is 310 g/mol. The standard InChI is InChI=1S/C13H15N3O3S2/c1-14-11-8-12(16-13(15-11)20-2)19-9-4-6-10(7-5-9)21(3,17)18/h4-8H,1-3H3,(H,14,15,16). The molecule has 1 heterocycles. The van der Waals surface area contributed by atoms with Gasteiger partial charge in [-0.2, -0.15) is 4.98 Å². The summed E-state index contributed by atoms with van der Waals surface area (Å²) in [4.78, 5) is 8.73. The van der Waals surface area contributed by atoms with E-state index in [-0.39, 0.29) is 4.90 Å². The second-order valence-electron chi connectivity index (χ2n) is 4.17. The molecule has 0 saturated carbocycles. The molecule has 0 fully saturated rings. The molecule has 0 unspecified atom stereocenters. The molecular formula is C13H15N3O3S2. The Bertz CT molecular complexity index is 709. The van der Waals surface area contributed by atoms with Gasteiger partial charge in [-0.05, 0) is 30.5 Å². The maximum Gasteiger partial charge on any atom is 0.225 e. The average Bonchev–Trinajstić information content (AvgIpc) is 2.46. The van der Waals surface area contributed by atoms with Gasteiger partial charge in [-0.3, -0.25) is 0 Å². The maximum atomic E-state index is 11.4. The summed E-state index contributed by atoms with van der Waals surface area (Å²) < 4.78 is 28.4. The number of hydrogen-bond acceptors (Lipinski definition) is 7. The van der Waals surface area contributed by atoms with E-state index in [4.69, 9.17) is 4.74 Å². The smallest absolute Gasteiger partial charge is 0.225 e. The van der Waals surface area contributed by atoms with Gasteiger partial charge in [0.15, 0.2) is 15.0 Å². The molecule has 6 nitrogen and oxygen atoms in total. The lowest BCUT2D eigenvalue weighted by Gasteiger charge is -2.08. The van der Waals surface area contributed by atoms with Crippen LogP contribution < -0.4 is 10.1 Å². The first kappa shape index (κ1) is 15.6. The van der Waals surface area contributed by atoms with Crippen molar-refractivity contribution in [1.82, 2.24) is 9.97 Å². The van der Waals surface area contributed by atoms with Crippen LogP contribution in [0.2, 0.25) is 0 Å². The van der Waals surface area contributed by atoms with Crippen LogP contribution in [0.5, 0.6) is 11.6 Å². The van der Waals surface area contributed by atoms with E-state index < -0.39 is 9.84 Å². The molecule has 1 aromatic heterocycles. The first-order valence-electron chi connectivity index (χ1n) is 6.01. The van der Waals surface area contributed by atoms with Crippen LogP contribution >= 0.6 is 11.8 Å². The van der Waals surface area contributed by atoms with Gasteiger partial charge in [-0.25, -0.2) is 13.4 Å². The quantitative estimate of drug-likeness (QED) is 0.668. The van der Waals surface area contributed by atoms with Crippen molar-refractivity contribution >= 4 is 27.4 Å². The first-order valence-corrected chi connectivity index (χ1v) is 9.13. The van der Waals surface area contributed by atoms with Crippen molar-refractivity contribution in [2.45, 2.75) is 10.1 Å². The Labute approximate surface area is 127 Å². The van der Waals surface area contributed by atoms with Gasteiger partial charge in [0.2, 0.25) is 5.88 Å². The molecule has 0 radical (unpaired) electrons. The zero-order valence-electron chi connectivity index (χ0n) is 11.8. The van der Waals surface area contributed by atoms with Crippen LogP contribution in [0.15, 0.2) is 40.4 Å². The van der Waals surface area contributed by atoms with Crippen LogP contribution in [0.1, 0.15) is 0 Å². The minimum absolute atomic E-state index is 0.248. The van der Waals surface area contributed by atoms with Crippen molar-refractivity contribution in [3.05, 3.63) is 30.3 Å². The molecule has 0 aliphatic carbocycles. The summed E-state index contributed by atoms with van der Waals surface area (Å²) in [5, 5.41) is 3.52. The van der Waals surface area contributed by atoms with Gasteiger partial charge in [0.1, 0.15) is 11.6 Å².